The SMILES string of the molecule is CN(C)C1(C(O)C2=CCCCO2)CCCC1. The molecule has 1 aliphatic carbocycles. The standard InChI is InChI=1S/C13H23NO2/c1-14(2)13(8-4-5-9-13)12(15)11-7-3-6-10-16-11/h7,12,15H,3-6,8-10H2,1-2H3. The summed E-state index contributed by atoms with van der Waals surface area (Å²) >= 11 is 0. The molecule has 2 aliphatic rings. The fourth-order valence-electron chi connectivity index (χ4n) is 2.98. The van der Waals surface area contributed by atoms with Crippen LogP contribution in [-0.4, -0.2) is 42.4 Å². The zero-order valence-electron chi connectivity index (χ0n) is 10.4. The van der Waals surface area contributed by atoms with E-state index in [1.54, 1.807) is 0 Å². The van der Waals surface area contributed by atoms with Crippen LogP contribution >= 0.6 is 0 Å². The number of hydrogen-bond donors (Lipinski definition) is 1. The van der Waals surface area contributed by atoms with Crippen molar-refractivity contribution in [1.82, 2.24) is 4.90 Å². The highest BCUT2D eigenvalue weighted by Crippen LogP contribution is 2.39. The quantitative estimate of drug-likeness (QED) is 0.796. The lowest BCUT2D eigenvalue weighted by Crippen LogP contribution is -2.52. The van der Waals surface area contributed by atoms with Gasteiger partial charge < -0.3 is 14.7 Å². The Kier molecular flexibility index (Phi) is 3.55. The van der Waals surface area contributed by atoms with Crippen LogP contribution in [0.2, 0.25) is 0 Å². The van der Waals surface area contributed by atoms with Gasteiger partial charge in [0.25, 0.3) is 0 Å². The second kappa shape index (κ2) is 4.76. The molecule has 0 spiro atoms. The molecule has 1 atom stereocenters. The van der Waals surface area contributed by atoms with Gasteiger partial charge in [0.1, 0.15) is 11.9 Å². The van der Waals surface area contributed by atoms with Crippen molar-refractivity contribution in [1.29, 1.82) is 0 Å². The Morgan fingerprint density at radius 3 is 2.50 bits per heavy atom. The number of nitrogens with zero attached hydrogens (tertiary/aromatic N) is 1. The average molecular weight is 225 g/mol. The normalized spacial score (nSPS) is 26.4. The van der Waals surface area contributed by atoms with Crippen molar-refractivity contribution < 1.29 is 9.84 Å². The Balaban J connectivity index is 2.16. The Hall–Kier alpha value is -0.540. The maximum atomic E-state index is 10.6. The van der Waals surface area contributed by atoms with E-state index in [1.807, 2.05) is 0 Å². The molecular weight excluding hydrogens is 202 g/mol. The topological polar surface area (TPSA) is 32.7 Å². The molecule has 1 aliphatic heterocycles. The zero-order chi connectivity index (χ0) is 11.6. The van der Waals surface area contributed by atoms with Crippen LogP contribution in [-0.2, 0) is 4.74 Å². The first-order chi connectivity index (χ1) is 7.67. The molecule has 3 heteroatoms. The van der Waals surface area contributed by atoms with Gasteiger partial charge in [-0.2, -0.15) is 0 Å². The van der Waals surface area contributed by atoms with Crippen LogP contribution in [0.4, 0.5) is 0 Å². The van der Waals surface area contributed by atoms with Gasteiger partial charge >= 0.3 is 0 Å². The van der Waals surface area contributed by atoms with E-state index in [0.29, 0.717) is 0 Å². The summed E-state index contributed by atoms with van der Waals surface area (Å²) in [4.78, 5) is 2.18. The van der Waals surface area contributed by atoms with Crippen LogP contribution in [0.15, 0.2) is 11.8 Å². The molecule has 1 saturated carbocycles. The van der Waals surface area contributed by atoms with Crippen molar-refractivity contribution >= 4 is 0 Å². The molecule has 3 nitrogen and oxygen atoms in total. The third-order valence-corrected chi connectivity index (χ3v) is 4.10. The van der Waals surface area contributed by atoms with Gasteiger partial charge in [0.15, 0.2) is 0 Å². The van der Waals surface area contributed by atoms with E-state index in [2.05, 4.69) is 25.1 Å². The van der Waals surface area contributed by atoms with Gasteiger partial charge in [0.05, 0.1) is 12.1 Å². The summed E-state index contributed by atoms with van der Waals surface area (Å²) in [5.74, 6) is 0.807. The van der Waals surface area contributed by atoms with Gasteiger partial charge in [-0.25, -0.2) is 0 Å². The summed E-state index contributed by atoms with van der Waals surface area (Å²) in [5.41, 5.74) is -0.0941. The number of ether oxygens (including phenoxy) is 1. The van der Waals surface area contributed by atoms with Crippen molar-refractivity contribution in [3.63, 3.8) is 0 Å². The van der Waals surface area contributed by atoms with Crippen molar-refractivity contribution in [2.24, 2.45) is 0 Å². The van der Waals surface area contributed by atoms with Crippen LogP contribution in [0.25, 0.3) is 0 Å². The lowest BCUT2D eigenvalue weighted by molar-refractivity contribution is -0.0200. The second-order valence-corrected chi connectivity index (χ2v) is 5.20. The second-order valence-electron chi connectivity index (χ2n) is 5.20. The van der Waals surface area contributed by atoms with Crippen molar-refractivity contribution in [3.05, 3.63) is 11.8 Å². The maximum Gasteiger partial charge on any atom is 0.129 e. The van der Waals surface area contributed by atoms with Crippen molar-refractivity contribution in [2.75, 3.05) is 20.7 Å². The minimum Gasteiger partial charge on any atom is -0.495 e. The zero-order valence-corrected chi connectivity index (χ0v) is 10.4. The van der Waals surface area contributed by atoms with Gasteiger partial charge in [0, 0.05) is 0 Å². The van der Waals surface area contributed by atoms with Crippen LogP contribution in [0.3, 0.4) is 0 Å². The third-order valence-electron chi connectivity index (χ3n) is 4.10. The van der Waals surface area contributed by atoms with Crippen LogP contribution in [0.5, 0.6) is 0 Å². The molecule has 0 amide bonds. The molecule has 0 radical (unpaired) electrons. The van der Waals surface area contributed by atoms with Crippen LogP contribution < -0.4 is 0 Å². The summed E-state index contributed by atoms with van der Waals surface area (Å²) in [6.07, 6.45) is 8.29. The number of aliphatic hydroxyl groups excluding tert-OH is 1. The molecule has 16 heavy (non-hydrogen) atoms. The monoisotopic (exact) mass is 225 g/mol. The summed E-state index contributed by atoms with van der Waals surface area (Å²) in [6, 6.07) is 0. The van der Waals surface area contributed by atoms with Gasteiger partial charge in [-0.15, -0.1) is 0 Å². The summed E-state index contributed by atoms with van der Waals surface area (Å²) < 4.78 is 5.61. The van der Waals surface area contributed by atoms with Crippen molar-refractivity contribution in [3.8, 4) is 0 Å². The molecule has 1 unspecified atom stereocenters. The third kappa shape index (κ3) is 1.98. The van der Waals surface area contributed by atoms with E-state index in [1.165, 1.54) is 12.8 Å². The van der Waals surface area contributed by atoms with E-state index in [4.69, 9.17) is 4.74 Å². The Labute approximate surface area is 98.1 Å². The molecule has 0 aromatic carbocycles. The molecular formula is C13H23NO2. The molecule has 0 aromatic heterocycles. The van der Waals surface area contributed by atoms with Gasteiger partial charge in [-0.1, -0.05) is 12.8 Å². The molecule has 92 valence electrons. The van der Waals surface area contributed by atoms with E-state index >= 15 is 0 Å². The minimum absolute atomic E-state index is 0.0941. The predicted octanol–water partition coefficient (Wildman–Crippen LogP) is 1.92. The first-order valence-electron chi connectivity index (χ1n) is 6.35. The lowest BCUT2D eigenvalue weighted by atomic mass is 9.87. The lowest BCUT2D eigenvalue weighted by Gasteiger charge is -2.41. The fourth-order valence-corrected chi connectivity index (χ4v) is 2.98. The molecule has 0 saturated heterocycles. The Bertz CT molecular complexity index is 267. The molecule has 2 rings (SSSR count). The largest absolute Gasteiger partial charge is 0.495 e. The van der Waals surface area contributed by atoms with Crippen molar-refractivity contribution in [2.45, 2.75) is 50.2 Å². The van der Waals surface area contributed by atoms with Crippen LogP contribution in [0, 0.1) is 0 Å². The van der Waals surface area contributed by atoms with Crippen LogP contribution in [0.1, 0.15) is 38.5 Å². The van der Waals surface area contributed by atoms with E-state index < -0.39 is 6.10 Å². The van der Waals surface area contributed by atoms with Gasteiger partial charge in [-0.05, 0) is 45.9 Å². The maximum absolute atomic E-state index is 10.6. The fraction of sp³-hybridized carbons (Fsp3) is 0.846. The number of rotatable bonds is 3. The van der Waals surface area contributed by atoms with Gasteiger partial charge in [-0.3, -0.25) is 0 Å². The summed E-state index contributed by atoms with van der Waals surface area (Å²) in [6.45, 7) is 0.756. The molecule has 1 heterocycles. The van der Waals surface area contributed by atoms with Gasteiger partial charge in [0.2, 0.25) is 0 Å². The minimum atomic E-state index is -0.453. The first kappa shape index (κ1) is 11.9. The predicted molar refractivity (Wildman–Crippen MR) is 64.2 cm³/mol. The van der Waals surface area contributed by atoms with E-state index in [9.17, 15) is 5.11 Å². The molecule has 1 N–H and O–H groups in total. The number of hydrogen-bond acceptors (Lipinski definition) is 3. The molecule has 1 fully saturated rings. The van der Waals surface area contributed by atoms with E-state index in [0.717, 1.165) is 38.0 Å². The highest BCUT2D eigenvalue weighted by molar-refractivity contribution is 5.14. The smallest absolute Gasteiger partial charge is 0.129 e. The highest BCUT2D eigenvalue weighted by atomic mass is 16.5. The highest BCUT2D eigenvalue weighted by Gasteiger charge is 2.44. The summed E-state index contributed by atoms with van der Waals surface area (Å²) in [7, 11) is 4.13. The average Bonchev–Trinajstić information content (AvgIpc) is 2.79. The molecule has 0 aromatic rings. The number of likely N-dealkylation sites (N-methyl/N-ethyl adjacent to an activating group) is 1. The Morgan fingerprint density at radius 1 is 1.31 bits per heavy atom. The van der Waals surface area contributed by atoms with E-state index in [-0.39, 0.29) is 5.54 Å². The number of allylic oxidation sites excluding steroid dienone is 1. The number of aliphatic hydroxyl groups is 1. The first-order valence-corrected chi connectivity index (χ1v) is 6.35. The summed E-state index contributed by atoms with van der Waals surface area (Å²) in [5, 5.41) is 10.6. The Morgan fingerprint density at radius 2 is 2.00 bits per heavy atom. The molecule has 0 bridgehead atoms.